The van der Waals surface area contributed by atoms with Crippen molar-refractivity contribution in [3.8, 4) is 5.75 Å². The first-order valence-corrected chi connectivity index (χ1v) is 9.50. The molecule has 1 aromatic heterocycles. The zero-order valence-corrected chi connectivity index (χ0v) is 14.8. The molecule has 3 rings (SSSR count). The summed E-state index contributed by atoms with van der Waals surface area (Å²) in [7, 11) is 0. The third kappa shape index (κ3) is 3.97. The molecule has 1 atom stereocenters. The molecule has 2 aromatic rings. The van der Waals surface area contributed by atoms with E-state index in [1.807, 2.05) is 31.2 Å². The van der Waals surface area contributed by atoms with Crippen LogP contribution in [-0.2, 0) is 0 Å². The smallest absolute Gasteiger partial charge is 0.255 e. The van der Waals surface area contributed by atoms with Crippen molar-refractivity contribution in [3.05, 3.63) is 52.2 Å². The first-order valence-electron chi connectivity index (χ1n) is 8.55. The third-order valence-corrected chi connectivity index (χ3v) is 5.10. The maximum absolute atomic E-state index is 12.6. The lowest BCUT2D eigenvalue weighted by atomic mass is 10.1. The van der Waals surface area contributed by atoms with Gasteiger partial charge in [0.1, 0.15) is 5.75 Å². The van der Waals surface area contributed by atoms with Crippen LogP contribution in [0, 0.1) is 0 Å². The molecular weight excluding hydrogens is 320 g/mol. The van der Waals surface area contributed by atoms with Crippen molar-refractivity contribution in [2.75, 3.05) is 26.2 Å². The predicted octanol–water partition coefficient (Wildman–Crippen LogP) is 3.71. The average molecular weight is 344 g/mol. The minimum Gasteiger partial charge on any atom is -0.493 e. The van der Waals surface area contributed by atoms with Crippen LogP contribution in [0.4, 0.5) is 0 Å². The molecule has 0 radical (unpaired) electrons. The molecule has 1 fully saturated rings. The number of hydrogen-bond donors (Lipinski definition) is 1. The predicted molar refractivity (Wildman–Crippen MR) is 97.8 cm³/mol. The van der Waals surface area contributed by atoms with Crippen molar-refractivity contribution in [3.63, 3.8) is 0 Å². The van der Waals surface area contributed by atoms with E-state index in [9.17, 15) is 4.79 Å². The summed E-state index contributed by atoms with van der Waals surface area (Å²) >= 11 is 1.71. The molecule has 1 unspecified atom stereocenters. The highest BCUT2D eigenvalue weighted by Crippen LogP contribution is 2.26. The highest BCUT2D eigenvalue weighted by molar-refractivity contribution is 7.07. The summed E-state index contributed by atoms with van der Waals surface area (Å²) in [6, 6.07) is 9.83. The summed E-state index contributed by atoms with van der Waals surface area (Å²) in [4.78, 5) is 15.1. The number of amides is 1. The molecule has 0 spiro atoms. The van der Waals surface area contributed by atoms with E-state index in [1.165, 1.54) is 18.4 Å². The highest BCUT2D eigenvalue weighted by Gasteiger charge is 2.24. The summed E-state index contributed by atoms with van der Waals surface area (Å²) in [5, 5.41) is 7.39. The van der Waals surface area contributed by atoms with Crippen molar-refractivity contribution >= 4 is 17.2 Å². The molecule has 0 aliphatic carbocycles. The van der Waals surface area contributed by atoms with Crippen LogP contribution in [-0.4, -0.2) is 37.0 Å². The Morgan fingerprint density at radius 3 is 2.79 bits per heavy atom. The minimum atomic E-state index is -0.0709. The van der Waals surface area contributed by atoms with Gasteiger partial charge in [-0.3, -0.25) is 9.69 Å². The van der Waals surface area contributed by atoms with Gasteiger partial charge < -0.3 is 10.1 Å². The number of para-hydroxylation sites is 1. The second-order valence-corrected chi connectivity index (χ2v) is 6.73. The maximum atomic E-state index is 12.6. The van der Waals surface area contributed by atoms with E-state index >= 15 is 0 Å². The monoisotopic (exact) mass is 344 g/mol. The number of nitrogens with one attached hydrogen (secondary N) is 1. The van der Waals surface area contributed by atoms with E-state index in [2.05, 4.69) is 27.0 Å². The van der Waals surface area contributed by atoms with E-state index in [0.29, 0.717) is 24.5 Å². The molecule has 1 aromatic carbocycles. The lowest BCUT2D eigenvalue weighted by molar-refractivity contribution is 0.0934. The van der Waals surface area contributed by atoms with Crippen LogP contribution < -0.4 is 10.1 Å². The van der Waals surface area contributed by atoms with Gasteiger partial charge in [-0.1, -0.05) is 12.1 Å². The summed E-state index contributed by atoms with van der Waals surface area (Å²) in [6.45, 7) is 5.30. The van der Waals surface area contributed by atoms with Gasteiger partial charge in [0.25, 0.3) is 5.91 Å². The lowest BCUT2D eigenvalue weighted by Crippen LogP contribution is -2.36. The molecule has 1 aliphatic rings. The van der Waals surface area contributed by atoms with Crippen LogP contribution in [0.5, 0.6) is 5.75 Å². The highest BCUT2D eigenvalue weighted by atomic mass is 32.1. The van der Waals surface area contributed by atoms with Gasteiger partial charge in [0.2, 0.25) is 0 Å². The minimum absolute atomic E-state index is 0.0709. The Hall–Kier alpha value is -1.85. The molecule has 4 nitrogen and oxygen atoms in total. The summed E-state index contributed by atoms with van der Waals surface area (Å²) in [5.74, 6) is 0.573. The van der Waals surface area contributed by atoms with Crippen LogP contribution in [0.2, 0.25) is 0 Å². The molecule has 1 saturated heterocycles. The fraction of sp³-hybridized carbons (Fsp3) is 0.421. The first-order chi connectivity index (χ1) is 11.8. The van der Waals surface area contributed by atoms with Crippen molar-refractivity contribution in [2.45, 2.75) is 25.8 Å². The third-order valence-electron chi connectivity index (χ3n) is 4.40. The van der Waals surface area contributed by atoms with Crippen LogP contribution in [0.25, 0.3) is 0 Å². The topological polar surface area (TPSA) is 41.6 Å². The van der Waals surface area contributed by atoms with Crippen LogP contribution >= 0.6 is 11.3 Å². The van der Waals surface area contributed by atoms with Gasteiger partial charge in [-0.05, 0) is 67.4 Å². The standard InChI is InChI=1S/C19H24N2O2S/c1-2-23-18-8-4-3-7-16(18)19(22)20-13-17(15-9-12-24-14-15)21-10-5-6-11-21/h3-4,7-9,12,14,17H,2,5-6,10-11,13H2,1H3,(H,20,22). The second-order valence-electron chi connectivity index (χ2n) is 5.95. The van der Waals surface area contributed by atoms with E-state index in [-0.39, 0.29) is 11.9 Å². The number of carbonyl (C=O) groups excluding carboxylic acids is 1. The van der Waals surface area contributed by atoms with Crippen molar-refractivity contribution < 1.29 is 9.53 Å². The van der Waals surface area contributed by atoms with Gasteiger partial charge >= 0.3 is 0 Å². The number of likely N-dealkylation sites (tertiary alicyclic amines) is 1. The Labute approximate surface area is 147 Å². The van der Waals surface area contributed by atoms with Gasteiger partial charge in [0, 0.05) is 6.54 Å². The molecular formula is C19H24N2O2S. The van der Waals surface area contributed by atoms with Gasteiger partial charge in [-0.15, -0.1) is 0 Å². The molecule has 0 saturated carbocycles. The number of carbonyl (C=O) groups is 1. The Morgan fingerprint density at radius 2 is 2.08 bits per heavy atom. The summed E-state index contributed by atoms with van der Waals surface area (Å²) in [5.41, 5.74) is 1.89. The molecule has 24 heavy (non-hydrogen) atoms. The summed E-state index contributed by atoms with van der Waals surface area (Å²) in [6.07, 6.45) is 2.48. The number of nitrogens with zero attached hydrogens (tertiary/aromatic N) is 1. The van der Waals surface area contributed by atoms with Crippen molar-refractivity contribution in [1.82, 2.24) is 10.2 Å². The van der Waals surface area contributed by atoms with E-state index in [1.54, 1.807) is 11.3 Å². The number of hydrogen-bond acceptors (Lipinski definition) is 4. The van der Waals surface area contributed by atoms with E-state index < -0.39 is 0 Å². The molecule has 1 amide bonds. The lowest BCUT2D eigenvalue weighted by Gasteiger charge is -2.27. The van der Waals surface area contributed by atoms with Gasteiger partial charge in [0.05, 0.1) is 18.2 Å². The molecule has 5 heteroatoms. The van der Waals surface area contributed by atoms with Crippen molar-refractivity contribution in [2.24, 2.45) is 0 Å². The number of rotatable bonds is 7. The van der Waals surface area contributed by atoms with E-state index in [4.69, 9.17) is 4.74 Å². The first kappa shape index (κ1) is 17.0. The van der Waals surface area contributed by atoms with Crippen LogP contribution in [0.1, 0.15) is 41.7 Å². The quantitative estimate of drug-likeness (QED) is 0.832. The molecule has 2 heterocycles. The SMILES string of the molecule is CCOc1ccccc1C(=O)NCC(c1ccsc1)N1CCCC1. The van der Waals surface area contributed by atoms with Crippen LogP contribution in [0.3, 0.4) is 0 Å². The average Bonchev–Trinajstić information content (AvgIpc) is 3.30. The van der Waals surface area contributed by atoms with Gasteiger partial charge in [-0.25, -0.2) is 0 Å². The fourth-order valence-corrected chi connectivity index (χ4v) is 3.90. The number of ether oxygens (including phenoxy) is 1. The van der Waals surface area contributed by atoms with Crippen molar-refractivity contribution in [1.29, 1.82) is 0 Å². The number of benzene rings is 1. The molecule has 1 N–H and O–H groups in total. The Balaban J connectivity index is 1.69. The molecule has 1 aliphatic heterocycles. The van der Waals surface area contributed by atoms with Gasteiger partial charge in [-0.2, -0.15) is 11.3 Å². The van der Waals surface area contributed by atoms with Crippen LogP contribution in [0.15, 0.2) is 41.1 Å². The molecule has 128 valence electrons. The maximum Gasteiger partial charge on any atom is 0.255 e. The Kier molecular flexibility index (Phi) is 5.88. The fourth-order valence-electron chi connectivity index (χ4n) is 3.20. The Morgan fingerprint density at radius 1 is 1.29 bits per heavy atom. The summed E-state index contributed by atoms with van der Waals surface area (Å²) < 4.78 is 5.57. The number of thiophene rings is 1. The second kappa shape index (κ2) is 8.31. The van der Waals surface area contributed by atoms with Gasteiger partial charge in [0.15, 0.2) is 0 Å². The normalized spacial score (nSPS) is 16.0. The zero-order chi connectivity index (χ0) is 16.8. The zero-order valence-electron chi connectivity index (χ0n) is 14.0. The molecule has 0 bridgehead atoms. The van der Waals surface area contributed by atoms with E-state index in [0.717, 1.165) is 13.1 Å². The Bertz CT molecular complexity index is 651. The largest absolute Gasteiger partial charge is 0.493 e.